The summed E-state index contributed by atoms with van der Waals surface area (Å²) in [6, 6.07) is 11.5. The number of aliphatic hydroxyl groups is 1. The van der Waals surface area contributed by atoms with Crippen LogP contribution in [0.2, 0.25) is 5.02 Å². The van der Waals surface area contributed by atoms with Crippen molar-refractivity contribution in [3.05, 3.63) is 64.9 Å². The Morgan fingerprint density at radius 1 is 1.30 bits per heavy atom. The molecule has 1 aliphatic rings. The predicted octanol–water partition coefficient (Wildman–Crippen LogP) is 2.86. The van der Waals surface area contributed by atoms with Gasteiger partial charge in [-0.2, -0.15) is 0 Å². The zero-order valence-corrected chi connectivity index (χ0v) is 13.5. The number of pyridine rings is 1. The van der Waals surface area contributed by atoms with Gasteiger partial charge in [-0.3, -0.25) is 9.78 Å². The molecule has 1 heterocycles. The fraction of sp³-hybridized carbons (Fsp3) is 0.333. The molecule has 1 saturated carbocycles. The number of hydrogen-bond donors (Lipinski definition) is 1. The maximum atomic E-state index is 12.7. The van der Waals surface area contributed by atoms with E-state index in [4.69, 9.17) is 11.6 Å². The zero-order valence-electron chi connectivity index (χ0n) is 12.7. The Bertz CT molecular complexity index is 660. The number of aromatic nitrogens is 1. The van der Waals surface area contributed by atoms with E-state index in [0.29, 0.717) is 18.1 Å². The molecule has 1 aromatic heterocycles. The van der Waals surface area contributed by atoms with E-state index in [0.717, 1.165) is 17.5 Å². The van der Waals surface area contributed by atoms with Crippen LogP contribution in [0.1, 0.15) is 23.5 Å². The second-order valence-electron chi connectivity index (χ2n) is 5.84. The van der Waals surface area contributed by atoms with Crippen LogP contribution in [0.25, 0.3) is 0 Å². The number of nitrogens with zero attached hydrogens (tertiary/aromatic N) is 2. The Labute approximate surface area is 140 Å². The van der Waals surface area contributed by atoms with Crippen molar-refractivity contribution in [2.75, 3.05) is 13.2 Å². The molecule has 2 atom stereocenters. The van der Waals surface area contributed by atoms with Gasteiger partial charge in [0, 0.05) is 36.4 Å². The van der Waals surface area contributed by atoms with Crippen molar-refractivity contribution in [2.45, 2.75) is 18.9 Å². The average Bonchev–Trinajstić information content (AvgIpc) is 3.36. The molecule has 2 unspecified atom stereocenters. The molecular formula is C18H19ClN2O2. The van der Waals surface area contributed by atoms with E-state index in [1.807, 2.05) is 36.4 Å². The van der Waals surface area contributed by atoms with Gasteiger partial charge in [0.15, 0.2) is 0 Å². The molecule has 1 aromatic carbocycles. The van der Waals surface area contributed by atoms with Gasteiger partial charge in [-0.05, 0) is 41.7 Å². The largest absolute Gasteiger partial charge is 0.395 e. The highest BCUT2D eigenvalue weighted by molar-refractivity contribution is 6.30. The molecule has 0 spiro atoms. The molecule has 4 nitrogen and oxygen atoms in total. The summed E-state index contributed by atoms with van der Waals surface area (Å²) >= 11 is 5.91. The summed E-state index contributed by atoms with van der Waals surface area (Å²) in [5, 5.41) is 9.96. The SMILES string of the molecule is O=C(C1CC1c1ccc(Cl)cc1)N(CCO)Cc1cccnc1. The molecule has 23 heavy (non-hydrogen) atoms. The topological polar surface area (TPSA) is 53.4 Å². The van der Waals surface area contributed by atoms with E-state index >= 15 is 0 Å². The molecule has 0 saturated heterocycles. The Balaban J connectivity index is 1.66. The number of carbonyl (C=O) groups is 1. The highest BCUT2D eigenvalue weighted by atomic mass is 35.5. The van der Waals surface area contributed by atoms with Gasteiger partial charge in [0.25, 0.3) is 0 Å². The summed E-state index contributed by atoms with van der Waals surface area (Å²) in [5.74, 6) is 0.358. The first kappa shape index (κ1) is 16.0. The lowest BCUT2D eigenvalue weighted by Gasteiger charge is -2.22. The maximum Gasteiger partial charge on any atom is 0.226 e. The molecule has 1 amide bonds. The van der Waals surface area contributed by atoms with Gasteiger partial charge < -0.3 is 10.0 Å². The van der Waals surface area contributed by atoms with Crippen molar-refractivity contribution in [1.82, 2.24) is 9.88 Å². The molecule has 1 fully saturated rings. The van der Waals surface area contributed by atoms with Crippen molar-refractivity contribution < 1.29 is 9.90 Å². The molecular weight excluding hydrogens is 312 g/mol. The van der Waals surface area contributed by atoms with E-state index in [1.165, 1.54) is 0 Å². The minimum Gasteiger partial charge on any atom is -0.395 e. The third kappa shape index (κ3) is 3.89. The second-order valence-corrected chi connectivity index (χ2v) is 6.28. The van der Waals surface area contributed by atoms with Gasteiger partial charge >= 0.3 is 0 Å². The summed E-state index contributed by atoms with van der Waals surface area (Å²) in [6.45, 7) is 0.791. The molecule has 120 valence electrons. The van der Waals surface area contributed by atoms with Crippen LogP contribution in [0.4, 0.5) is 0 Å². The standard InChI is InChI=1S/C18H19ClN2O2/c19-15-5-3-14(4-6-15)16-10-17(16)18(23)21(8-9-22)12-13-2-1-7-20-11-13/h1-7,11,16-17,22H,8-10,12H2. The first-order chi connectivity index (χ1) is 11.2. The summed E-state index contributed by atoms with van der Waals surface area (Å²) in [6.07, 6.45) is 4.32. The summed E-state index contributed by atoms with van der Waals surface area (Å²) in [7, 11) is 0. The molecule has 1 aliphatic carbocycles. The van der Waals surface area contributed by atoms with E-state index in [1.54, 1.807) is 17.3 Å². The molecule has 5 heteroatoms. The first-order valence-corrected chi connectivity index (χ1v) is 8.11. The van der Waals surface area contributed by atoms with Crippen LogP contribution >= 0.6 is 11.6 Å². The van der Waals surface area contributed by atoms with Crippen LogP contribution < -0.4 is 0 Å². The van der Waals surface area contributed by atoms with Crippen molar-refractivity contribution in [3.63, 3.8) is 0 Å². The molecule has 0 aliphatic heterocycles. The zero-order chi connectivity index (χ0) is 16.2. The number of benzene rings is 1. The van der Waals surface area contributed by atoms with Gasteiger partial charge in [-0.1, -0.05) is 29.8 Å². The minimum atomic E-state index is -0.0374. The third-order valence-electron chi connectivity index (χ3n) is 4.18. The van der Waals surface area contributed by atoms with E-state index in [2.05, 4.69) is 4.98 Å². The van der Waals surface area contributed by atoms with Gasteiger partial charge in [0.2, 0.25) is 5.91 Å². The van der Waals surface area contributed by atoms with Crippen LogP contribution in [0.5, 0.6) is 0 Å². The Hall–Kier alpha value is -1.91. The van der Waals surface area contributed by atoms with E-state index < -0.39 is 0 Å². The lowest BCUT2D eigenvalue weighted by Crippen LogP contribution is -2.34. The molecule has 3 rings (SSSR count). The minimum absolute atomic E-state index is 0.000558. The van der Waals surface area contributed by atoms with Crippen LogP contribution in [0.15, 0.2) is 48.8 Å². The number of amides is 1. The van der Waals surface area contributed by atoms with Crippen molar-refractivity contribution in [2.24, 2.45) is 5.92 Å². The van der Waals surface area contributed by atoms with Crippen molar-refractivity contribution in [1.29, 1.82) is 0 Å². The average molecular weight is 331 g/mol. The second kappa shape index (κ2) is 7.11. The lowest BCUT2D eigenvalue weighted by atomic mass is 10.1. The number of halogens is 1. The fourth-order valence-electron chi connectivity index (χ4n) is 2.88. The Morgan fingerprint density at radius 2 is 2.09 bits per heavy atom. The summed E-state index contributed by atoms with van der Waals surface area (Å²) in [5.41, 5.74) is 2.12. The molecule has 1 N–H and O–H groups in total. The Morgan fingerprint density at radius 3 is 2.74 bits per heavy atom. The van der Waals surface area contributed by atoms with Crippen molar-refractivity contribution >= 4 is 17.5 Å². The third-order valence-corrected chi connectivity index (χ3v) is 4.44. The fourth-order valence-corrected chi connectivity index (χ4v) is 3.01. The van der Waals surface area contributed by atoms with Crippen LogP contribution in [-0.4, -0.2) is 34.0 Å². The van der Waals surface area contributed by atoms with Gasteiger partial charge in [0.1, 0.15) is 0 Å². The van der Waals surface area contributed by atoms with Crippen LogP contribution in [0, 0.1) is 5.92 Å². The molecule has 0 radical (unpaired) electrons. The van der Waals surface area contributed by atoms with E-state index in [9.17, 15) is 9.90 Å². The molecule has 0 bridgehead atoms. The molecule has 2 aromatic rings. The monoisotopic (exact) mass is 330 g/mol. The van der Waals surface area contributed by atoms with Crippen molar-refractivity contribution in [3.8, 4) is 0 Å². The number of carbonyl (C=O) groups excluding carboxylic acids is 1. The normalized spacial score (nSPS) is 19.4. The highest BCUT2D eigenvalue weighted by Crippen LogP contribution is 2.48. The van der Waals surface area contributed by atoms with Gasteiger partial charge in [-0.15, -0.1) is 0 Å². The smallest absolute Gasteiger partial charge is 0.226 e. The summed E-state index contributed by atoms with van der Waals surface area (Å²) in [4.78, 5) is 18.5. The predicted molar refractivity (Wildman–Crippen MR) is 89.0 cm³/mol. The van der Waals surface area contributed by atoms with Gasteiger partial charge in [0.05, 0.1) is 6.61 Å². The Kier molecular flexibility index (Phi) is 4.94. The van der Waals surface area contributed by atoms with E-state index in [-0.39, 0.29) is 24.3 Å². The summed E-state index contributed by atoms with van der Waals surface area (Å²) < 4.78 is 0. The quantitative estimate of drug-likeness (QED) is 0.886. The van der Waals surface area contributed by atoms with Crippen LogP contribution in [0.3, 0.4) is 0 Å². The number of aliphatic hydroxyl groups excluding tert-OH is 1. The van der Waals surface area contributed by atoms with Gasteiger partial charge in [-0.25, -0.2) is 0 Å². The van der Waals surface area contributed by atoms with Crippen LogP contribution in [-0.2, 0) is 11.3 Å². The number of rotatable bonds is 6. The highest BCUT2D eigenvalue weighted by Gasteiger charge is 2.45. The maximum absolute atomic E-state index is 12.7. The lowest BCUT2D eigenvalue weighted by molar-refractivity contribution is -0.133. The number of hydrogen-bond acceptors (Lipinski definition) is 3. The first-order valence-electron chi connectivity index (χ1n) is 7.73.